The van der Waals surface area contributed by atoms with Crippen molar-refractivity contribution < 1.29 is 29.0 Å². The van der Waals surface area contributed by atoms with Crippen LogP contribution in [0, 0.1) is 3.57 Å². The van der Waals surface area contributed by atoms with Gasteiger partial charge < -0.3 is 14.6 Å². The number of aromatic hydroxyl groups is 1. The van der Waals surface area contributed by atoms with Crippen LogP contribution in [-0.2, 0) is 9.59 Å². The lowest BCUT2D eigenvalue weighted by Gasteiger charge is -2.26. The number of nitrogens with one attached hydrogen (secondary N) is 1. The molecule has 0 bridgehead atoms. The van der Waals surface area contributed by atoms with Crippen molar-refractivity contribution in [1.29, 1.82) is 0 Å². The molecule has 1 heterocycles. The number of phenols is 1. The smallest absolute Gasteiger partial charge is 0.335 e. The van der Waals surface area contributed by atoms with Gasteiger partial charge in [0, 0.05) is 0 Å². The normalized spacial score (nSPS) is 15.5. The monoisotopic (exact) mass is 508 g/mol. The Morgan fingerprint density at radius 1 is 1.17 bits per heavy atom. The third-order valence-electron chi connectivity index (χ3n) is 4.06. The number of anilines is 1. The predicted octanol–water partition coefficient (Wildman–Crippen LogP) is 3.07. The van der Waals surface area contributed by atoms with E-state index in [1.54, 1.807) is 12.1 Å². The van der Waals surface area contributed by atoms with Gasteiger partial charge in [0.2, 0.25) is 0 Å². The number of phenolic OH excluding ortho intramolecular Hbond substituents is 1. The molecule has 2 N–H and O–H groups in total. The number of urea groups is 1. The summed E-state index contributed by atoms with van der Waals surface area (Å²) in [5, 5.41) is 11.6. The minimum absolute atomic E-state index is 0.0123. The highest BCUT2D eigenvalue weighted by atomic mass is 127. The van der Waals surface area contributed by atoms with Crippen LogP contribution in [0.2, 0.25) is 0 Å². The number of hydrogen-bond acceptors (Lipinski definition) is 6. The zero-order valence-electron chi connectivity index (χ0n) is 15.6. The van der Waals surface area contributed by atoms with E-state index in [-0.39, 0.29) is 17.0 Å². The van der Waals surface area contributed by atoms with Gasteiger partial charge in [-0.15, -0.1) is 0 Å². The van der Waals surface area contributed by atoms with E-state index in [2.05, 4.69) is 27.9 Å². The quantitative estimate of drug-likeness (QED) is 0.366. The molecule has 1 fully saturated rings. The molecule has 0 radical (unpaired) electrons. The molecule has 0 aliphatic carbocycles. The molecule has 1 aliphatic heterocycles. The van der Waals surface area contributed by atoms with E-state index in [0.29, 0.717) is 23.7 Å². The number of halogens is 1. The van der Waals surface area contributed by atoms with Gasteiger partial charge in [-0.05, 0) is 77.6 Å². The molecule has 3 rings (SSSR count). The van der Waals surface area contributed by atoms with Crippen molar-refractivity contribution in [1.82, 2.24) is 5.32 Å². The van der Waals surface area contributed by atoms with E-state index in [4.69, 9.17) is 9.47 Å². The van der Waals surface area contributed by atoms with Gasteiger partial charge in [0.05, 0.1) is 23.0 Å². The lowest BCUT2D eigenvalue weighted by atomic mass is 10.1. The molecule has 1 aliphatic rings. The zero-order chi connectivity index (χ0) is 21.1. The summed E-state index contributed by atoms with van der Waals surface area (Å²) in [7, 11) is 1.53. The largest absolute Gasteiger partial charge is 0.508 e. The number of rotatable bonds is 5. The summed E-state index contributed by atoms with van der Waals surface area (Å²) in [6.45, 7) is 2.24. The highest BCUT2D eigenvalue weighted by molar-refractivity contribution is 14.1. The Hall–Kier alpha value is -3.08. The van der Waals surface area contributed by atoms with Crippen LogP contribution in [0.1, 0.15) is 12.5 Å². The Bertz CT molecular complexity index is 1020. The van der Waals surface area contributed by atoms with Crippen LogP contribution in [0.3, 0.4) is 0 Å². The first-order valence-electron chi connectivity index (χ1n) is 8.56. The molecule has 0 atom stereocenters. The lowest BCUT2D eigenvalue weighted by Crippen LogP contribution is -2.54. The van der Waals surface area contributed by atoms with Crippen LogP contribution >= 0.6 is 22.6 Å². The molecule has 0 aromatic heterocycles. The number of ether oxygens (including phenoxy) is 2. The van der Waals surface area contributed by atoms with E-state index in [9.17, 15) is 19.5 Å². The van der Waals surface area contributed by atoms with Gasteiger partial charge in [0.1, 0.15) is 11.3 Å². The van der Waals surface area contributed by atoms with Gasteiger partial charge in [0.15, 0.2) is 11.5 Å². The second kappa shape index (κ2) is 8.52. The van der Waals surface area contributed by atoms with Gasteiger partial charge in [0.25, 0.3) is 11.8 Å². The number of barbiturate groups is 1. The molecule has 4 amide bonds. The number of carbonyl (C=O) groups is 3. The number of benzene rings is 2. The van der Waals surface area contributed by atoms with E-state index >= 15 is 0 Å². The summed E-state index contributed by atoms with van der Waals surface area (Å²) in [5.41, 5.74) is 0.557. The first kappa shape index (κ1) is 20.6. The van der Waals surface area contributed by atoms with Crippen molar-refractivity contribution in [2.75, 3.05) is 18.6 Å². The molecule has 1 saturated heterocycles. The first-order valence-corrected chi connectivity index (χ1v) is 9.64. The van der Waals surface area contributed by atoms with Gasteiger partial charge in [-0.2, -0.15) is 0 Å². The maximum Gasteiger partial charge on any atom is 0.335 e. The van der Waals surface area contributed by atoms with Gasteiger partial charge >= 0.3 is 6.03 Å². The van der Waals surface area contributed by atoms with Crippen molar-refractivity contribution >= 4 is 52.2 Å². The second-order valence-corrected chi connectivity index (χ2v) is 7.10. The molecule has 9 heteroatoms. The molecule has 150 valence electrons. The number of hydrogen-bond donors (Lipinski definition) is 2. The number of nitrogens with zero attached hydrogens (tertiary/aromatic N) is 1. The Morgan fingerprint density at radius 2 is 1.86 bits per heavy atom. The maximum atomic E-state index is 12.9. The van der Waals surface area contributed by atoms with Crippen molar-refractivity contribution in [3.63, 3.8) is 0 Å². The van der Waals surface area contributed by atoms with Crippen LogP contribution in [0.15, 0.2) is 42.0 Å². The number of imide groups is 2. The maximum absolute atomic E-state index is 12.9. The standard InChI is InChI=1S/C20H17IN2O6/c1-3-29-16-10-11(9-15(21)17(16)28-2)8-14-18(25)22-20(27)23(19(14)26)12-4-6-13(24)7-5-12/h4-10,24H,3H2,1-2H3,(H,22,25,27)/b14-8+. The summed E-state index contributed by atoms with van der Waals surface area (Å²) >= 11 is 2.07. The number of methoxy groups -OCH3 is 1. The van der Waals surface area contributed by atoms with Crippen LogP contribution in [-0.4, -0.2) is 36.7 Å². The van der Waals surface area contributed by atoms with Gasteiger partial charge in [-0.3, -0.25) is 14.9 Å². The number of amides is 4. The molecule has 29 heavy (non-hydrogen) atoms. The lowest BCUT2D eigenvalue weighted by molar-refractivity contribution is -0.122. The molecule has 2 aromatic rings. The molecular weight excluding hydrogens is 491 g/mol. The Balaban J connectivity index is 2.03. The van der Waals surface area contributed by atoms with E-state index in [1.807, 2.05) is 6.92 Å². The average Bonchev–Trinajstić information content (AvgIpc) is 2.67. The van der Waals surface area contributed by atoms with Crippen molar-refractivity contribution in [3.05, 3.63) is 51.1 Å². The third-order valence-corrected chi connectivity index (χ3v) is 4.86. The van der Waals surface area contributed by atoms with Crippen LogP contribution in [0.5, 0.6) is 17.2 Å². The minimum Gasteiger partial charge on any atom is -0.508 e. The molecule has 8 nitrogen and oxygen atoms in total. The third kappa shape index (κ3) is 4.19. The van der Waals surface area contributed by atoms with Crippen LogP contribution in [0.4, 0.5) is 10.5 Å². The highest BCUT2D eigenvalue weighted by Crippen LogP contribution is 2.35. The SMILES string of the molecule is CCOc1cc(/C=C2\C(=O)NC(=O)N(c3ccc(O)cc3)C2=O)cc(I)c1OC. The predicted molar refractivity (Wildman–Crippen MR) is 114 cm³/mol. The van der Waals surface area contributed by atoms with Gasteiger partial charge in [-0.25, -0.2) is 9.69 Å². The van der Waals surface area contributed by atoms with Crippen molar-refractivity contribution in [2.24, 2.45) is 0 Å². The fraction of sp³-hybridized carbons (Fsp3) is 0.150. The summed E-state index contributed by atoms with van der Waals surface area (Å²) in [4.78, 5) is 38.3. The Kier molecular flexibility index (Phi) is 6.06. The molecule has 0 unspecified atom stereocenters. The van der Waals surface area contributed by atoms with Crippen LogP contribution in [0.25, 0.3) is 6.08 Å². The second-order valence-electron chi connectivity index (χ2n) is 5.94. The first-order chi connectivity index (χ1) is 13.8. The summed E-state index contributed by atoms with van der Waals surface area (Å²) in [5.74, 6) is -0.549. The van der Waals surface area contributed by atoms with Crippen LogP contribution < -0.4 is 19.7 Å². The molecular formula is C20H17IN2O6. The molecule has 0 spiro atoms. The summed E-state index contributed by atoms with van der Waals surface area (Å²) < 4.78 is 11.7. The minimum atomic E-state index is -0.859. The average molecular weight is 508 g/mol. The number of carbonyl (C=O) groups excluding carboxylic acids is 3. The van der Waals surface area contributed by atoms with E-state index in [0.717, 1.165) is 8.47 Å². The van der Waals surface area contributed by atoms with Gasteiger partial charge in [-0.1, -0.05) is 0 Å². The summed E-state index contributed by atoms with van der Waals surface area (Å²) in [6, 6.07) is 8.03. The Morgan fingerprint density at radius 3 is 2.48 bits per heavy atom. The topological polar surface area (TPSA) is 105 Å². The van der Waals surface area contributed by atoms with E-state index < -0.39 is 17.8 Å². The van der Waals surface area contributed by atoms with E-state index in [1.165, 1.54) is 37.5 Å². The molecule has 2 aromatic carbocycles. The summed E-state index contributed by atoms with van der Waals surface area (Å²) in [6.07, 6.45) is 1.39. The van der Waals surface area contributed by atoms with Crippen molar-refractivity contribution in [3.8, 4) is 17.2 Å². The molecule has 0 saturated carbocycles. The van der Waals surface area contributed by atoms with Crippen molar-refractivity contribution in [2.45, 2.75) is 6.92 Å². The fourth-order valence-electron chi connectivity index (χ4n) is 2.79. The highest BCUT2D eigenvalue weighted by Gasteiger charge is 2.36. The fourth-order valence-corrected chi connectivity index (χ4v) is 3.64. The zero-order valence-corrected chi connectivity index (χ0v) is 17.7. The Labute approximate surface area is 180 Å².